The van der Waals surface area contributed by atoms with E-state index in [1.54, 1.807) is 6.07 Å². The molecule has 0 atom stereocenters. The molecular weight excluding hydrogens is 222 g/mol. The number of halogens is 1. The lowest BCUT2D eigenvalue weighted by Gasteiger charge is -2.19. The van der Waals surface area contributed by atoms with Gasteiger partial charge in [0, 0.05) is 18.1 Å². The molecule has 90 valence electrons. The van der Waals surface area contributed by atoms with E-state index in [9.17, 15) is 0 Å². The highest BCUT2D eigenvalue weighted by Gasteiger charge is 2.01. The molecule has 0 aromatic heterocycles. The number of likely N-dealkylation sites (N-methyl/N-ethyl adjacent to an activating group) is 1. The van der Waals surface area contributed by atoms with E-state index in [1.165, 1.54) is 0 Å². The molecule has 0 radical (unpaired) electrons. The Morgan fingerprint density at radius 3 is 2.62 bits per heavy atom. The Morgan fingerprint density at radius 1 is 1.31 bits per heavy atom. The Kier molecular flexibility index (Phi) is 5.43. The maximum atomic E-state index is 5.91. The summed E-state index contributed by atoms with van der Waals surface area (Å²) in [6, 6.07) is 5.48. The van der Waals surface area contributed by atoms with Gasteiger partial charge >= 0.3 is 0 Å². The first kappa shape index (κ1) is 13.1. The molecule has 1 aromatic carbocycles. The SMILES string of the molecule is CCN(CC)CCNc1cc(Cl)ccc1N. The first-order chi connectivity index (χ1) is 7.67. The first-order valence-corrected chi connectivity index (χ1v) is 6.06. The van der Waals surface area contributed by atoms with Crippen molar-refractivity contribution < 1.29 is 0 Å². The summed E-state index contributed by atoms with van der Waals surface area (Å²) in [6.45, 7) is 8.37. The van der Waals surface area contributed by atoms with Crippen molar-refractivity contribution in [2.45, 2.75) is 13.8 Å². The van der Waals surface area contributed by atoms with Crippen LogP contribution in [0.1, 0.15) is 13.8 Å². The molecule has 0 fully saturated rings. The Labute approximate surface area is 103 Å². The monoisotopic (exact) mass is 241 g/mol. The number of nitrogens with two attached hydrogens (primary N) is 1. The molecule has 0 saturated carbocycles. The number of hydrogen-bond donors (Lipinski definition) is 2. The van der Waals surface area contributed by atoms with Crippen LogP contribution in [-0.2, 0) is 0 Å². The first-order valence-electron chi connectivity index (χ1n) is 5.68. The van der Waals surface area contributed by atoms with E-state index in [1.807, 2.05) is 12.1 Å². The van der Waals surface area contributed by atoms with E-state index in [2.05, 4.69) is 24.1 Å². The second-order valence-electron chi connectivity index (χ2n) is 3.69. The average Bonchev–Trinajstić information content (AvgIpc) is 2.29. The van der Waals surface area contributed by atoms with Gasteiger partial charge in [-0.15, -0.1) is 0 Å². The summed E-state index contributed by atoms with van der Waals surface area (Å²) < 4.78 is 0. The van der Waals surface area contributed by atoms with Crippen LogP contribution in [0.5, 0.6) is 0 Å². The molecule has 0 aliphatic rings. The van der Waals surface area contributed by atoms with Gasteiger partial charge in [-0.25, -0.2) is 0 Å². The van der Waals surface area contributed by atoms with Gasteiger partial charge < -0.3 is 16.0 Å². The van der Waals surface area contributed by atoms with Crippen molar-refractivity contribution in [1.82, 2.24) is 4.90 Å². The normalized spacial score (nSPS) is 10.8. The van der Waals surface area contributed by atoms with Gasteiger partial charge in [-0.05, 0) is 31.3 Å². The summed E-state index contributed by atoms with van der Waals surface area (Å²) >= 11 is 5.91. The van der Waals surface area contributed by atoms with Gasteiger partial charge in [0.2, 0.25) is 0 Å². The van der Waals surface area contributed by atoms with E-state index < -0.39 is 0 Å². The van der Waals surface area contributed by atoms with E-state index >= 15 is 0 Å². The smallest absolute Gasteiger partial charge is 0.0589 e. The Hall–Kier alpha value is -0.930. The minimum atomic E-state index is 0.708. The van der Waals surface area contributed by atoms with Gasteiger partial charge in [-0.2, -0.15) is 0 Å². The van der Waals surface area contributed by atoms with Crippen LogP contribution < -0.4 is 11.1 Å². The molecule has 0 saturated heterocycles. The van der Waals surface area contributed by atoms with Gasteiger partial charge in [-0.1, -0.05) is 25.4 Å². The number of benzene rings is 1. The van der Waals surface area contributed by atoms with Crippen LogP contribution in [-0.4, -0.2) is 31.1 Å². The lowest BCUT2D eigenvalue weighted by molar-refractivity contribution is 0.316. The Morgan fingerprint density at radius 2 is 2.00 bits per heavy atom. The number of nitrogen functional groups attached to an aromatic ring is 1. The van der Waals surface area contributed by atoms with Crippen molar-refractivity contribution in [3.05, 3.63) is 23.2 Å². The predicted molar refractivity (Wildman–Crippen MR) is 72.1 cm³/mol. The molecular formula is C12H20ClN3. The third-order valence-corrected chi connectivity index (χ3v) is 2.89. The maximum absolute atomic E-state index is 5.91. The van der Waals surface area contributed by atoms with Crippen LogP contribution in [0.4, 0.5) is 11.4 Å². The topological polar surface area (TPSA) is 41.3 Å². The van der Waals surface area contributed by atoms with E-state index in [4.69, 9.17) is 17.3 Å². The standard InChI is InChI=1S/C12H20ClN3/c1-3-16(4-2)8-7-15-12-9-10(13)5-6-11(12)14/h5-6,9,15H,3-4,7-8,14H2,1-2H3. The molecule has 0 spiro atoms. The molecule has 4 heteroatoms. The molecule has 0 amide bonds. The quantitative estimate of drug-likeness (QED) is 0.753. The highest BCUT2D eigenvalue weighted by Crippen LogP contribution is 2.22. The summed E-state index contributed by atoms with van der Waals surface area (Å²) in [5, 5.41) is 4.01. The van der Waals surface area contributed by atoms with E-state index in [0.717, 1.165) is 37.6 Å². The highest BCUT2D eigenvalue weighted by molar-refractivity contribution is 6.31. The number of anilines is 2. The molecule has 0 aliphatic carbocycles. The van der Waals surface area contributed by atoms with Crippen LogP contribution in [0.3, 0.4) is 0 Å². The zero-order chi connectivity index (χ0) is 12.0. The zero-order valence-corrected chi connectivity index (χ0v) is 10.7. The van der Waals surface area contributed by atoms with Crippen molar-refractivity contribution >= 4 is 23.0 Å². The minimum absolute atomic E-state index is 0.708. The Balaban J connectivity index is 2.45. The molecule has 0 heterocycles. The molecule has 0 aliphatic heterocycles. The largest absolute Gasteiger partial charge is 0.397 e. The van der Waals surface area contributed by atoms with Crippen LogP contribution in [0.25, 0.3) is 0 Å². The van der Waals surface area contributed by atoms with Crippen molar-refractivity contribution in [3.8, 4) is 0 Å². The third kappa shape index (κ3) is 3.91. The van der Waals surface area contributed by atoms with Crippen molar-refractivity contribution in [1.29, 1.82) is 0 Å². The zero-order valence-electron chi connectivity index (χ0n) is 9.96. The lowest BCUT2D eigenvalue weighted by Crippen LogP contribution is -2.28. The number of nitrogens with one attached hydrogen (secondary N) is 1. The predicted octanol–water partition coefficient (Wildman–Crippen LogP) is 2.68. The highest BCUT2D eigenvalue weighted by atomic mass is 35.5. The maximum Gasteiger partial charge on any atom is 0.0589 e. The van der Waals surface area contributed by atoms with Crippen molar-refractivity contribution in [3.63, 3.8) is 0 Å². The summed E-state index contributed by atoms with van der Waals surface area (Å²) in [5.41, 5.74) is 7.49. The van der Waals surface area contributed by atoms with Crippen LogP contribution >= 0.6 is 11.6 Å². The fraction of sp³-hybridized carbons (Fsp3) is 0.500. The van der Waals surface area contributed by atoms with Gasteiger partial charge in [0.05, 0.1) is 11.4 Å². The summed E-state index contributed by atoms with van der Waals surface area (Å²) in [7, 11) is 0. The average molecular weight is 242 g/mol. The summed E-state index contributed by atoms with van der Waals surface area (Å²) in [4.78, 5) is 2.35. The number of hydrogen-bond acceptors (Lipinski definition) is 3. The van der Waals surface area contributed by atoms with Gasteiger partial charge in [0.25, 0.3) is 0 Å². The minimum Gasteiger partial charge on any atom is -0.397 e. The molecule has 1 aromatic rings. The molecule has 1 rings (SSSR count). The van der Waals surface area contributed by atoms with Gasteiger partial charge in [-0.3, -0.25) is 0 Å². The third-order valence-electron chi connectivity index (χ3n) is 2.65. The number of rotatable bonds is 6. The van der Waals surface area contributed by atoms with Crippen LogP contribution in [0.15, 0.2) is 18.2 Å². The van der Waals surface area contributed by atoms with Crippen molar-refractivity contribution in [2.75, 3.05) is 37.2 Å². The molecule has 0 unspecified atom stereocenters. The summed E-state index contributed by atoms with van der Waals surface area (Å²) in [6.07, 6.45) is 0. The van der Waals surface area contributed by atoms with Gasteiger partial charge in [0.15, 0.2) is 0 Å². The lowest BCUT2D eigenvalue weighted by atomic mass is 10.2. The molecule has 0 bridgehead atoms. The Bertz CT molecular complexity index is 324. The van der Waals surface area contributed by atoms with Crippen LogP contribution in [0.2, 0.25) is 5.02 Å². The second-order valence-corrected chi connectivity index (χ2v) is 4.12. The molecule has 3 N–H and O–H groups in total. The fourth-order valence-electron chi connectivity index (χ4n) is 1.57. The second kappa shape index (κ2) is 6.61. The fourth-order valence-corrected chi connectivity index (χ4v) is 1.74. The van der Waals surface area contributed by atoms with Crippen LogP contribution in [0, 0.1) is 0 Å². The number of nitrogens with zero attached hydrogens (tertiary/aromatic N) is 1. The molecule has 16 heavy (non-hydrogen) atoms. The van der Waals surface area contributed by atoms with E-state index in [0.29, 0.717) is 5.02 Å². The van der Waals surface area contributed by atoms with Crippen molar-refractivity contribution in [2.24, 2.45) is 0 Å². The molecule has 3 nitrogen and oxygen atoms in total. The van der Waals surface area contributed by atoms with Gasteiger partial charge in [0.1, 0.15) is 0 Å². The summed E-state index contributed by atoms with van der Waals surface area (Å²) in [5.74, 6) is 0. The van der Waals surface area contributed by atoms with E-state index in [-0.39, 0.29) is 0 Å².